The first-order valence-corrected chi connectivity index (χ1v) is 12.5. The molecule has 0 unspecified atom stereocenters. The molecule has 0 amide bonds. The summed E-state index contributed by atoms with van der Waals surface area (Å²) in [6, 6.07) is 17.2. The fourth-order valence-electron chi connectivity index (χ4n) is 5.69. The van der Waals surface area contributed by atoms with E-state index in [-0.39, 0.29) is 12.2 Å². The van der Waals surface area contributed by atoms with Crippen molar-refractivity contribution in [2.24, 2.45) is 0 Å². The monoisotopic (exact) mass is 456 g/mol. The minimum atomic E-state index is 0.134. The molecule has 4 atom stereocenters. The highest BCUT2D eigenvalue weighted by molar-refractivity contribution is 5.42. The summed E-state index contributed by atoms with van der Waals surface area (Å²) >= 11 is 0. The van der Waals surface area contributed by atoms with Crippen LogP contribution < -0.4 is 10.6 Å². The van der Waals surface area contributed by atoms with Gasteiger partial charge in [-0.3, -0.25) is 0 Å². The Balaban J connectivity index is 0.000000142. The van der Waals surface area contributed by atoms with E-state index in [0.717, 1.165) is 50.3 Å². The maximum absolute atomic E-state index is 8.98. The molecule has 0 radical (unpaired) electrons. The summed E-state index contributed by atoms with van der Waals surface area (Å²) in [6.07, 6.45) is 6.97. The molecular weight excluding hydrogens is 424 g/mol. The van der Waals surface area contributed by atoms with Gasteiger partial charge in [-0.15, -0.1) is 0 Å². The van der Waals surface area contributed by atoms with Crippen molar-refractivity contribution in [1.29, 1.82) is 10.5 Å². The van der Waals surface area contributed by atoms with Crippen LogP contribution in [0.3, 0.4) is 0 Å². The minimum Gasteiger partial charge on any atom is -0.372 e. The summed E-state index contributed by atoms with van der Waals surface area (Å²) in [6.45, 7) is 3.75. The Morgan fingerprint density at radius 1 is 0.706 bits per heavy atom. The first kappa shape index (κ1) is 23.0. The largest absolute Gasteiger partial charge is 0.372 e. The first-order chi connectivity index (χ1) is 16.8. The third-order valence-electron chi connectivity index (χ3n) is 7.43. The Morgan fingerprint density at radius 3 is 1.56 bits per heavy atom. The van der Waals surface area contributed by atoms with E-state index in [2.05, 4.69) is 34.9 Å². The molecule has 4 aliphatic rings. The standard InChI is InChI=1S/2C14H16N2O/c2*15-9-10-3-4-11-5-7-17-14(12(11)8-10)13-2-1-6-16-13/h2*3-4,8,13-14,16H,1-2,5-7H2/t13-,14+;13-,14-/m11/s1. The molecule has 6 rings (SSSR count). The molecule has 0 spiro atoms. The molecule has 4 heterocycles. The molecule has 6 heteroatoms. The minimum absolute atomic E-state index is 0.134. The third kappa shape index (κ3) is 4.87. The van der Waals surface area contributed by atoms with Crippen molar-refractivity contribution in [3.8, 4) is 12.1 Å². The van der Waals surface area contributed by atoms with Gasteiger partial charge < -0.3 is 20.1 Å². The number of ether oxygens (including phenoxy) is 2. The number of benzene rings is 2. The van der Waals surface area contributed by atoms with Gasteiger partial charge in [0.15, 0.2) is 0 Å². The van der Waals surface area contributed by atoms with Crippen LogP contribution in [0.4, 0.5) is 0 Å². The van der Waals surface area contributed by atoms with E-state index in [1.54, 1.807) is 0 Å². The van der Waals surface area contributed by atoms with Crippen molar-refractivity contribution in [3.05, 3.63) is 69.8 Å². The number of nitrogens with one attached hydrogen (secondary N) is 2. The molecule has 2 fully saturated rings. The van der Waals surface area contributed by atoms with Gasteiger partial charge in [0.25, 0.3) is 0 Å². The maximum Gasteiger partial charge on any atom is 0.0991 e. The molecular formula is C28H32N4O2. The van der Waals surface area contributed by atoms with Crippen LogP contribution in [-0.4, -0.2) is 38.4 Å². The predicted octanol–water partition coefficient (Wildman–Crippen LogP) is 3.85. The van der Waals surface area contributed by atoms with Crippen molar-refractivity contribution >= 4 is 0 Å². The highest BCUT2D eigenvalue weighted by Crippen LogP contribution is 2.34. The molecule has 2 N–H and O–H groups in total. The average molecular weight is 457 g/mol. The lowest BCUT2D eigenvalue weighted by atomic mass is 9.91. The molecule has 0 aromatic heterocycles. The molecule has 0 aliphatic carbocycles. The highest BCUT2D eigenvalue weighted by Gasteiger charge is 2.32. The summed E-state index contributed by atoms with van der Waals surface area (Å²) in [5.74, 6) is 0. The SMILES string of the molecule is N#Cc1ccc2c(c1)[C@@H]([C@H]1CCCN1)OCC2.N#Cc1ccc2c(c1)[C@H]([C@H]1CCCN1)OCC2. The van der Waals surface area contributed by atoms with Crippen LogP contribution in [0.5, 0.6) is 0 Å². The average Bonchev–Trinajstić information content (AvgIpc) is 3.63. The van der Waals surface area contributed by atoms with Gasteiger partial charge in [0.05, 0.1) is 48.7 Å². The van der Waals surface area contributed by atoms with Crippen LogP contribution in [-0.2, 0) is 22.3 Å². The quantitative estimate of drug-likeness (QED) is 0.714. The van der Waals surface area contributed by atoms with Crippen LogP contribution in [0.25, 0.3) is 0 Å². The van der Waals surface area contributed by atoms with Gasteiger partial charge in [0, 0.05) is 12.1 Å². The predicted molar refractivity (Wildman–Crippen MR) is 129 cm³/mol. The first-order valence-electron chi connectivity index (χ1n) is 12.5. The number of nitrogens with zero attached hydrogens (tertiary/aromatic N) is 2. The van der Waals surface area contributed by atoms with Gasteiger partial charge in [-0.2, -0.15) is 10.5 Å². The van der Waals surface area contributed by atoms with Crippen molar-refractivity contribution in [1.82, 2.24) is 10.6 Å². The molecule has 2 aromatic rings. The molecule has 0 bridgehead atoms. The van der Waals surface area contributed by atoms with Gasteiger partial charge in [0.1, 0.15) is 0 Å². The van der Waals surface area contributed by atoms with E-state index < -0.39 is 0 Å². The summed E-state index contributed by atoms with van der Waals surface area (Å²) in [5.41, 5.74) is 6.58. The van der Waals surface area contributed by atoms with Gasteiger partial charge in [-0.05, 0) is 98.1 Å². The summed E-state index contributed by atoms with van der Waals surface area (Å²) in [5, 5.41) is 25.0. The second-order valence-electron chi connectivity index (χ2n) is 9.54. The van der Waals surface area contributed by atoms with Crippen LogP contribution in [0.15, 0.2) is 36.4 Å². The summed E-state index contributed by atoms with van der Waals surface area (Å²) in [7, 11) is 0. The molecule has 176 valence electrons. The lowest BCUT2D eigenvalue weighted by Crippen LogP contribution is -2.33. The van der Waals surface area contributed by atoms with Crippen LogP contribution in [0.1, 0.15) is 71.3 Å². The van der Waals surface area contributed by atoms with Gasteiger partial charge in [0.2, 0.25) is 0 Å². The molecule has 34 heavy (non-hydrogen) atoms. The molecule has 2 aromatic carbocycles. The lowest BCUT2D eigenvalue weighted by Gasteiger charge is -2.30. The highest BCUT2D eigenvalue weighted by atomic mass is 16.5. The van der Waals surface area contributed by atoms with Crippen molar-refractivity contribution in [2.75, 3.05) is 26.3 Å². The number of nitriles is 2. The number of rotatable bonds is 2. The molecule has 6 nitrogen and oxygen atoms in total. The Morgan fingerprint density at radius 2 is 1.18 bits per heavy atom. The smallest absolute Gasteiger partial charge is 0.0991 e. The van der Waals surface area contributed by atoms with E-state index >= 15 is 0 Å². The normalized spacial score (nSPS) is 27.5. The number of fused-ring (bicyclic) bond motifs is 2. The maximum atomic E-state index is 8.98. The molecule has 2 saturated heterocycles. The van der Waals surface area contributed by atoms with Crippen LogP contribution in [0, 0.1) is 22.7 Å². The fraction of sp³-hybridized carbons (Fsp3) is 0.500. The van der Waals surface area contributed by atoms with E-state index in [4.69, 9.17) is 20.0 Å². The van der Waals surface area contributed by atoms with Crippen molar-refractivity contribution in [3.63, 3.8) is 0 Å². The summed E-state index contributed by atoms with van der Waals surface area (Å²) < 4.78 is 11.8. The van der Waals surface area contributed by atoms with Crippen molar-refractivity contribution in [2.45, 2.75) is 62.8 Å². The van der Waals surface area contributed by atoms with Crippen molar-refractivity contribution < 1.29 is 9.47 Å². The molecule has 0 saturated carbocycles. The zero-order valence-electron chi connectivity index (χ0n) is 19.6. The van der Waals surface area contributed by atoms with Crippen LogP contribution in [0.2, 0.25) is 0 Å². The Labute approximate surface area is 201 Å². The second kappa shape index (κ2) is 10.7. The van der Waals surface area contributed by atoms with Gasteiger partial charge >= 0.3 is 0 Å². The fourth-order valence-corrected chi connectivity index (χ4v) is 5.69. The van der Waals surface area contributed by atoms with E-state index in [1.165, 1.54) is 47.9 Å². The van der Waals surface area contributed by atoms with Gasteiger partial charge in [-0.1, -0.05) is 12.1 Å². The lowest BCUT2D eigenvalue weighted by molar-refractivity contribution is 0.0198. The Hall–Kier alpha value is -2.74. The number of hydrogen-bond acceptors (Lipinski definition) is 6. The zero-order valence-corrected chi connectivity index (χ0v) is 19.6. The Bertz CT molecular complexity index is 1000. The molecule has 4 aliphatic heterocycles. The second-order valence-corrected chi connectivity index (χ2v) is 9.54. The van der Waals surface area contributed by atoms with E-state index in [0.29, 0.717) is 12.1 Å². The number of hydrogen-bond donors (Lipinski definition) is 2. The summed E-state index contributed by atoms with van der Waals surface area (Å²) in [4.78, 5) is 0. The van der Waals surface area contributed by atoms with E-state index in [1.807, 2.05) is 24.3 Å². The van der Waals surface area contributed by atoms with E-state index in [9.17, 15) is 0 Å². The third-order valence-corrected chi connectivity index (χ3v) is 7.43. The topological polar surface area (TPSA) is 90.1 Å². The van der Waals surface area contributed by atoms with Gasteiger partial charge in [-0.25, -0.2) is 0 Å². The zero-order chi connectivity index (χ0) is 23.3. The van der Waals surface area contributed by atoms with Crippen LogP contribution >= 0.6 is 0 Å². The Kier molecular flexibility index (Phi) is 7.23.